The molecule has 1 aliphatic carbocycles. The van der Waals surface area contributed by atoms with Crippen molar-refractivity contribution in [3.63, 3.8) is 0 Å². The molecule has 50 valence electrons. The zero-order chi connectivity index (χ0) is 5.33. The number of aliphatic hydroxyl groups is 1. The van der Waals surface area contributed by atoms with Crippen molar-refractivity contribution < 1.29 is 5.11 Å². The third-order valence-electron chi connectivity index (χ3n) is 1.47. The van der Waals surface area contributed by atoms with E-state index in [-0.39, 0.29) is 12.4 Å². The van der Waals surface area contributed by atoms with Crippen molar-refractivity contribution in [1.82, 2.24) is 0 Å². The Hall–Kier alpha value is 0.210. The van der Waals surface area contributed by atoms with E-state index >= 15 is 0 Å². The quantitative estimate of drug-likeness (QED) is 0.481. The summed E-state index contributed by atoms with van der Waals surface area (Å²) in [6, 6.07) is 0. The van der Waals surface area contributed by atoms with Gasteiger partial charge in [-0.25, -0.2) is 0 Å². The van der Waals surface area contributed by atoms with Crippen molar-refractivity contribution in [2.24, 2.45) is 5.73 Å². The van der Waals surface area contributed by atoms with E-state index in [9.17, 15) is 0 Å². The van der Waals surface area contributed by atoms with Crippen LogP contribution in [-0.2, 0) is 0 Å². The SMILES string of the molecule is Cl.NC1(O)CCCC1. The average molecular weight is 138 g/mol. The molecule has 3 heteroatoms. The van der Waals surface area contributed by atoms with Gasteiger partial charge in [0.05, 0.1) is 0 Å². The van der Waals surface area contributed by atoms with Gasteiger partial charge in [-0.05, 0) is 25.7 Å². The van der Waals surface area contributed by atoms with Gasteiger partial charge in [0.25, 0.3) is 0 Å². The second kappa shape index (κ2) is 2.67. The van der Waals surface area contributed by atoms with Gasteiger partial charge in [0.1, 0.15) is 5.72 Å². The maximum absolute atomic E-state index is 8.97. The third-order valence-corrected chi connectivity index (χ3v) is 1.47. The van der Waals surface area contributed by atoms with Gasteiger partial charge in [0.15, 0.2) is 0 Å². The molecule has 0 aliphatic heterocycles. The predicted molar refractivity (Wildman–Crippen MR) is 34.9 cm³/mol. The lowest BCUT2D eigenvalue weighted by molar-refractivity contribution is 0.0549. The van der Waals surface area contributed by atoms with Crippen LogP contribution in [0.1, 0.15) is 25.7 Å². The van der Waals surface area contributed by atoms with Gasteiger partial charge in [-0.15, -0.1) is 12.4 Å². The first-order valence-corrected chi connectivity index (χ1v) is 2.72. The Morgan fingerprint density at radius 2 is 1.62 bits per heavy atom. The number of nitrogens with two attached hydrogens (primary N) is 1. The molecule has 1 rings (SSSR count). The zero-order valence-corrected chi connectivity index (χ0v) is 5.58. The van der Waals surface area contributed by atoms with Crippen LogP contribution in [0.15, 0.2) is 0 Å². The fourth-order valence-electron chi connectivity index (χ4n) is 0.987. The van der Waals surface area contributed by atoms with Crippen molar-refractivity contribution in [2.75, 3.05) is 0 Å². The highest BCUT2D eigenvalue weighted by molar-refractivity contribution is 5.85. The highest BCUT2D eigenvalue weighted by Gasteiger charge is 2.24. The van der Waals surface area contributed by atoms with Crippen LogP contribution in [0.2, 0.25) is 0 Å². The summed E-state index contributed by atoms with van der Waals surface area (Å²) in [6.07, 6.45) is 3.75. The van der Waals surface area contributed by atoms with Crippen LogP contribution in [0.4, 0.5) is 0 Å². The maximum atomic E-state index is 8.97. The van der Waals surface area contributed by atoms with Gasteiger partial charge in [-0.3, -0.25) is 0 Å². The molecular weight excluding hydrogens is 126 g/mol. The normalized spacial score (nSPS) is 24.8. The van der Waals surface area contributed by atoms with Crippen LogP contribution in [-0.4, -0.2) is 10.8 Å². The van der Waals surface area contributed by atoms with E-state index in [1.807, 2.05) is 0 Å². The summed E-state index contributed by atoms with van der Waals surface area (Å²) in [5.41, 5.74) is 4.53. The van der Waals surface area contributed by atoms with Gasteiger partial charge < -0.3 is 10.8 Å². The molecule has 2 nitrogen and oxygen atoms in total. The van der Waals surface area contributed by atoms with Crippen molar-refractivity contribution in [3.05, 3.63) is 0 Å². The lowest BCUT2D eigenvalue weighted by atomic mass is 10.2. The summed E-state index contributed by atoms with van der Waals surface area (Å²) in [6.45, 7) is 0. The minimum Gasteiger partial charge on any atom is -0.376 e. The van der Waals surface area contributed by atoms with E-state index in [1.165, 1.54) is 0 Å². The minimum absolute atomic E-state index is 0. The fraction of sp³-hybridized carbons (Fsp3) is 1.00. The summed E-state index contributed by atoms with van der Waals surface area (Å²) in [7, 11) is 0. The lowest BCUT2D eigenvalue weighted by Gasteiger charge is -2.12. The fourth-order valence-corrected chi connectivity index (χ4v) is 0.987. The first-order valence-electron chi connectivity index (χ1n) is 2.72. The Balaban J connectivity index is 0.000000490. The van der Waals surface area contributed by atoms with Crippen LogP contribution < -0.4 is 5.73 Å². The molecule has 0 saturated heterocycles. The molecule has 1 fully saturated rings. The molecule has 0 amide bonds. The summed E-state index contributed by atoms with van der Waals surface area (Å²) in [5, 5.41) is 8.97. The smallest absolute Gasteiger partial charge is 0.113 e. The monoisotopic (exact) mass is 137 g/mol. The topological polar surface area (TPSA) is 46.2 Å². The third kappa shape index (κ3) is 1.99. The molecule has 0 unspecified atom stereocenters. The second-order valence-electron chi connectivity index (χ2n) is 2.31. The Morgan fingerprint density at radius 3 is 1.75 bits per heavy atom. The molecule has 0 heterocycles. The van der Waals surface area contributed by atoms with Gasteiger partial charge in [0, 0.05) is 0 Å². The van der Waals surface area contributed by atoms with E-state index in [4.69, 9.17) is 10.8 Å². The van der Waals surface area contributed by atoms with Crippen molar-refractivity contribution in [1.29, 1.82) is 0 Å². The largest absolute Gasteiger partial charge is 0.376 e. The Kier molecular flexibility index (Phi) is 2.74. The molecule has 0 radical (unpaired) electrons. The summed E-state index contributed by atoms with van der Waals surface area (Å²) >= 11 is 0. The van der Waals surface area contributed by atoms with Gasteiger partial charge in [-0.2, -0.15) is 0 Å². The molecule has 1 aliphatic rings. The molecule has 1 saturated carbocycles. The molecule has 0 bridgehead atoms. The van der Waals surface area contributed by atoms with Gasteiger partial charge in [-0.1, -0.05) is 0 Å². The molecule has 0 spiro atoms. The highest BCUT2D eigenvalue weighted by atomic mass is 35.5. The molecule has 0 aromatic heterocycles. The van der Waals surface area contributed by atoms with Crippen molar-refractivity contribution in [3.8, 4) is 0 Å². The van der Waals surface area contributed by atoms with E-state index in [0.717, 1.165) is 25.7 Å². The molecule has 3 N–H and O–H groups in total. The number of halogens is 1. The van der Waals surface area contributed by atoms with Crippen LogP contribution in [0.5, 0.6) is 0 Å². The summed E-state index contributed by atoms with van der Waals surface area (Å²) < 4.78 is 0. The maximum Gasteiger partial charge on any atom is 0.113 e. The zero-order valence-electron chi connectivity index (χ0n) is 4.76. The average Bonchev–Trinajstić information content (AvgIpc) is 1.84. The molecular formula is C5H12ClNO. The number of hydrogen-bond donors (Lipinski definition) is 2. The predicted octanol–water partition coefficient (Wildman–Crippen LogP) is 0.630. The van der Waals surface area contributed by atoms with Crippen molar-refractivity contribution >= 4 is 12.4 Å². The van der Waals surface area contributed by atoms with Gasteiger partial charge >= 0.3 is 0 Å². The van der Waals surface area contributed by atoms with E-state index in [1.54, 1.807) is 0 Å². The number of hydrogen-bond acceptors (Lipinski definition) is 2. The molecule has 0 aromatic carbocycles. The van der Waals surface area contributed by atoms with Crippen molar-refractivity contribution in [2.45, 2.75) is 31.4 Å². The molecule has 0 aromatic rings. The van der Waals surface area contributed by atoms with Crippen LogP contribution in [0.3, 0.4) is 0 Å². The first kappa shape index (κ1) is 8.21. The van der Waals surface area contributed by atoms with E-state index < -0.39 is 5.72 Å². The van der Waals surface area contributed by atoms with Crippen LogP contribution in [0, 0.1) is 0 Å². The summed E-state index contributed by atoms with van der Waals surface area (Å²) in [5.74, 6) is 0. The van der Waals surface area contributed by atoms with Gasteiger partial charge in [0.2, 0.25) is 0 Å². The lowest BCUT2D eigenvalue weighted by Crippen LogP contribution is -2.35. The minimum atomic E-state index is -0.806. The van der Waals surface area contributed by atoms with Crippen LogP contribution >= 0.6 is 12.4 Å². The Labute approximate surface area is 55.5 Å². The molecule has 0 atom stereocenters. The van der Waals surface area contributed by atoms with E-state index in [2.05, 4.69) is 0 Å². The Morgan fingerprint density at radius 1 is 1.25 bits per heavy atom. The number of rotatable bonds is 0. The van der Waals surface area contributed by atoms with E-state index in [0.29, 0.717) is 0 Å². The first-order chi connectivity index (χ1) is 3.21. The Bertz CT molecular complexity index is 66.8. The van der Waals surface area contributed by atoms with Crippen LogP contribution in [0.25, 0.3) is 0 Å². The molecule has 8 heavy (non-hydrogen) atoms. The summed E-state index contributed by atoms with van der Waals surface area (Å²) in [4.78, 5) is 0. The standard InChI is InChI=1S/C5H11NO.ClH/c6-5(7)3-1-2-4-5;/h7H,1-4,6H2;1H. The highest BCUT2D eigenvalue weighted by Crippen LogP contribution is 2.23. The second-order valence-corrected chi connectivity index (χ2v) is 2.31.